The smallest absolute Gasteiger partial charge is 0.253 e. The van der Waals surface area contributed by atoms with Crippen LogP contribution in [0, 0.1) is 0 Å². The third-order valence-electron chi connectivity index (χ3n) is 5.77. The van der Waals surface area contributed by atoms with Crippen LogP contribution in [0.5, 0.6) is 5.75 Å². The van der Waals surface area contributed by atoms with E-state index in [-0.39, 0.29) is 5.91 Å². The summed E-state index contributed by atoms with van der Waals surface area (Å²) >= 11 is 6.15. The zero-order valence-corrected chi connectivity index (χ0v) is 18.7. The molecular formula is C23H26ClN3O4. The summed E-state index contributed by atoms with van der Waals surface area (Å²) in [4.78, 5) is 14.6. The highest BCUT2D eigenvalue weighted by atomic mass is 35.5. The molecule has 2 N–H and O–H groups in total. The average Bonchev–Trinajstić information content (AvgIpc) is 3.13. The number of amides is 1. The molecule has 0 saturated carbocycles. The van der Waals surface area contributed by atoms with Crippen molar-refractivity contribution < 1.29 is 19.2 Å². The van der Waals surface area contributed by atoms with E-state index in [1.807, 2.05) is 27.7 Å². The Labute approximate surface area is 185 Å². The molecule has 0 fully saturated rings. The zero-order chi connectivity index (χ0) is 22.3. The quantitative estimate of drug-likeness (QED) is 0.596. The highest BCUT2D eigenvalue weighted by Crippen LogP contribution is 2.42. The third-order valence-corrected chi connectivity index (χ3v) is 6.00. The van der Waals surface area contributed by atoms with Crippen molar-refractivity contribution in [3.8, 4) is 5.75 Å². The van der Waals surface area contributed by atoms with E-state index in [1.165, 1.54) is 0 Å². The number of ether oxygens (including phenoxy) is 1. The van der Waals surface area contributed by atoms with Gasteiger partial charge in [-0.2, -0.15) is 0 Å². The van der Waals surface area contributed by atoms with E-state index >= 15 is 0 Å². The second kappa shape index (κ2) is 8.05. The minimum atomic E-state index is -0.912. The Balaban J connectivity index is 1.77. The number of nitrogens with zero attached hydrogens (tertiary/aromatic N) is 2. The number of anilines is 1. The van der Waals surface area contributed by atoms with Crippen molar-refractivity contribution in [1.82, 2.24) is 10.1 Å². The predicted molar refractivity (Wildman–Crippen MR) is 120 cm³/mol. The second-order valence-electron chi connectivity index (χ2n) is 8.17. The van der Waals surface area contributed by atoms with Crippen LogP contribution in [-0.4, -0.2) is 45.9 Å². The van der Waals surface area contributed by atoms with Gasteiger partial charge >= 0.3 is 0 Å². The molecule has 0 aliphatic carbocycles. The van der Waals surface area contributed by atoms with Crippen molar-refractivity contribution in [1.29, 1.82) is 0 Å². The normalized spacial score (nSPS) is 19.5. The van der Waals surface area contributed by atoms with Gasteiger partial charge in [0, 0.05) is 29.2 Å². The number of carbonyl (C=O) groups is 1. The van der Waals surface area contributed by atoms with Gasteiger partial charge in [-0.25, -0.2) is 0 Å². The number of rotatable bonds is 5. The standard InChI is InChI=1S/C23H26ClN3O4/c1-5-27(6-2)22(29)13-7-9-17-15(11-13)19(20(28)23(3,4)30-17)25-21-16-12-14(24)8-10-18(16)31-26-21/h7-12,19-20,28H,5-6H2,1-4H3,(H,25,26)/t19-,20+/m1/s1. The van der Waals surface area contributed by atoms with Crippen molar-refractivity contribution in [3.05, 3.63) is 52.5 Å². The molecular weight excluding hydrogens is 418 g/mol. The van der Waals surface area contributed by atoms with E-state index in [4.69, 9.17) is 20.9 Å². The summed E-state index contributed by atoms with van der Waals surface area (Å²) < 4.78 is 11.5. The summed E-state index contributed by atoms with van der Waals surface area (Å²) in [5.74, 6) is 1.00. The van der Waals surface area contributed by atoms with Gasteiger partial charge in [-0.3, -0.25) is 4.79 Å². The molecule has 1 amide bonds. The molecule has 2 aromatic carbocycles. The van der Waals surface area contributed by atoms with E-state index in [9.17, 15) is 9.90 Å². The zero-order valence-electron chi connectivity index (χ0n) is 18.0. The van der Waals surface area contributed by atoms with Crippen molar-refractivity contribution in [2.45, 2.75) is 45.4 Å². The van der Waals surface area contributed by atoms with Crippen LogP contribution < -0.4 is 10.1 Å². The van der Waals surface area contributed by atoms with Gasteiger partial charge < -0.3 is 24.6 Å². The van der Waals surface area contributed by atoms with Gasteiger partial charge in [-0.1, -0.05) is 16.8 Å². The summed E-state index contributed by atoms with van der Waals surface area (Å²) in [6.45, 7) is 8.77. The van der Waals surface area contributed by atoms with E-state index in [0.717, 1.165) is 0 Å². The number of aliphatic hydroxyl groups is 1. The van der Waals surface area contributed by atoms with Gasteiger partial charge in [0.05, 0.1) is 11.4 Å². The maximum Gasteiger partial charge on any atom is 0.253 e. The minimum absolute atomic E-state index is 0.0652. The van der Waals surface area contributed by atoms with Crippen LogP contribution in [0.3, 0.4) is 0 Å². The molecule has 7 nitrogen and oxygen atoms in total. The SMILES string of the molecule is CCN(CC)C(=O)c1ccc2c(c1)[C@@H](Nc1noc3ccc(Cl)cc13)[C@H](O)C(C)(C)O2. The topological polar surface area (TPSA) is 87.8 Å². The Morgan fingerprint density at radius 1 is 1.23 bits per heavy atom. The molecule has 1 aliphatic rings. The number of aliphatic hydroxyl groups excluding tert-OH is 1. The van der Waals surface area contributed by atoms with Crippen LogP contribution in [0.1, 0.15) is 49.7 Å². The molecule has 2 atom stereocenters. The fraction of sp³-hybridized carbons (Fsp3) is 0.391. The van der Waals surface area contributed by atoms with Crippen LogP contribution in [-0.2, 0) is 0 Å². The van der Waals surface area contributed by atoms with Gasteiger partial charge in [-0.05, 0) is 64.1 Å². The van der Waals surface area contributed by atoms with E-state index < -0.39 is 17.7 Å². The first-order valence-corrected chi connectivity index (χ1v) is 10.7. The lowest BCUT2D eigenvalue weighted by Crippen LogP contribution is -2.50. The van der Waals surface area contributed by atoms with E-state index in [2.05, 4.69) is 10.5 Å². The average molecular weight is 444 g/mol. The van der Waals surface area contributed by atoms with Gasteiger partial charge in [0.15, 0.2) is 11.4 Å². The first kappa shape index (κ1) is 21.5. The molecule has 0 bridgehead atoms. The lowest BCUT2D eigenvalue weighted by Gasteiger charge is -2.42. The summed E-state index contributed by atoms with van der Waals surface area (Å²) in [5, 5.41) is 19.8. The fourth-order valence-electron chi connectivity index (χ4n) is 3.95. The van der Waals surface area contributed by atoms with Crippen molar-refractivity contribution in [3.63, 3.8) is 0 Å². The summed E-state index contributed by atoms with van der Waals surface area (Å²) in [6.07, 6.45) is -0.912. The number of hydrogen-bond donors (Lipinski definition) is 2. The van der Waals surface area contributed by atoms with E-state index in [1.54, 1.807) is 41.3 Å². The van der Waals surface area contributed by atoms with Crippen molar-refractivity contribution in [2.75, 3.05) is 18.4 Å². The molecule has 0 radical (unpaired) electrons. The molecule has 1 aliphatic heterocycles. The van der Waals surface area contributed by atoms with Gasteiger partial charge in [0.25, 0.3) is 5.91 Å². The first-order valence-electron chi connectivity index (χ1n) is 10.4. The van der Waals surface area contributed by atoms with E-state index in [0.29, 0.717) is 51.8 Å². The first-order chi connectivity index (χ1) is 14.7. The number of nitrogens with one attached hydrogen (secondary N) is 1. The number of carbonyl (C=O) groups excluding carboxylic acids is 1. The molecule has 4 rings (SSSR count). The molecule has 0 unspecified atom stereocenters. The number of fused-ring (bicyclic) bond motifs is 2. The fourth-order valence-corrected chi connectivity index (χ4v) is 4.12. The van der Waals surface area contributed by atoms with Crippen LogP contribution in [0.25, 0.3) is 11.0 Å². The number of halogens is 1. The Bertz CT molecular complexity index is 1120. The molecule has 3 aromatic rings. The maximum atomic E-state index is 12.9. The minimum Gasteiger partial charge on any atom is -0.485 e. The predicted octanol–water partition coefficient (Wildman–Crippen LogP) is 4.65. The van der Waals surface area contributed by atoms with Crippen LogP contribution in [0.15, 0.2) is 40.9 Å². The highest BCUT2D eigenvalue weighted by Gasteiger charge is 2.43. The molecule has 1 aromatic heterocycles. The van der Waals surface area contributed by atoms with Crippen molar-refractivity contribution in [2.24, 2.45) is 0 Å². The molecule has 8 heteroatoms. The van der Waals surface area contributed by atoms with Gasteiger partial charge in [-0.15, -0.1) is 0 Å². The summed E-state index contributed by atoms with van der Waals surface area (Å²) in [6, 6.07) is 9.98. The Morgan fingerprint density at radius 2 is 1.97 bits per heavy atom. The molecule has 0 spiro atoms. The van der Waals surface area contributed by atoms with Gasteiger partial charge in [0.2, 0.25) is 0 Å². The van der Waals surface area contributed by atoms with Crippen LogP contribution in [0.4, 0.5) is 5.82 Å². The monoisotopic (exact) mass is 443 g/mol. The largest absolute Gasteiger partial charge is 0.485 e. The van der Waals surface area contributed by atoms with Crippen LogP contribution in [0.2, 0.25) is 5.02 Å². The Hall–Kier alpha value is -2.77. The lowest BCUT2D eigenvalue weighted by atomic mass is 9.85. The number of hydrogen-bond acceptors (Lipinski definition) is 6. The van der Waals surface area contributed by atoms with Crippen LogP contribution >= 0.6 is 11.6 Å². The van der Waals surface area contributed by atoms with Gasteiger partial charge in [0.1, 0.15) is 17.5 Å². The molecule has 164 valence electrons. The molecule has 31 heavy (non-hydrogen) atoms. The third kappa shape index (κ3) is 3.83. The number of aromatic nitrogens is 1. The maximum absolute atomic E-state index is 12.9. The lowest BCUT2D eigenvalue weighted by molar-refractivity contribution is -0.0533. The molecule has 0 saturated heterocycles. The highest BCUT2D eigenvalue weighted by molar-refractivity contribution is 6.31. The second-order valence-corrected chi connectivity index (χ2v) is 8.61. The Kier molecular flexibility index (Phi) is 5.58. The van der Waals surface area contributed by atoms with Crippen molar-refractivity contribution >= 4 is 34.3 Å². The number of benzene rings is 2. The Morgan fingerprint density at radius 3 is 2.68 bits per heavy atom. The summed E-state index contributed by atoms with van der Waals surface area (Å²) in [5.41, 5.74) is 0.950. The summed E-state index contributed by atoms with van der Waals surface area (Å²) in [7, 11) is 0. The molecule has 2 heterocycles.